The van der Waals surface area contributed by atoms with Crippen molar-refractivity contribution < 1.29 is 19.0 Å². The fourth-order valence-electron chi connectivity index (χ4n) is 2.13. The first-order valence-corrected chi connectivity index (χ1v) is 5.64. The molecule has 104 valence electrons. The molecule has 0 bridgehead atoms. The summed E-state index contributed by atoms with van der Waals surface area (Å²) in [5.41, 5.74) is -3.52. The maximum atomic E-state index is 14.6. The van der Waals surface area contributed by atoms with E-state index >= 15 is 0 Å². The predicted molar refractivity (Wildman–Crippen MR) is 61.5 cm³/mol. The number of nitrogens with one attached hydrogen (secondary N) is 1. The number of halogens is 1. The van der Waals surface area contributed by atoms with Crippen molar-refractivity contribution in [1.82, 2.24) is 9.55 Å². The van der Waals surface area contributed by atoms with Crippen molar-refractivity contribution in [1.29, 1.82) is 0 Å². The third-order valence-corrected chi connectivity index (χ3v) is 3.45. The van der Waals surface area contributed by atoms with Gasteiger partial charge in [0.25, 0.3) is 5.56 Å². The Hall–Kier alpha value is -1.96. The molecule has 2 rings (SSSR count). The van der Waals surface area contributed by atoms with Crippen LogP contribution in [-0.2, 0) is 9.53 Å². The normalized spacial score (nSPS) is 34.4. The van der Waals surface area contributed by atoms with Crippen LogP contribution >= 0.6 is 0 Å². The molecule has 0 aliphatic carbocycles. The average molecular weight is 272 g/mol. The number of aliphatic carboxylic acids is 1. The number of aromatic nitrogens is 2. The van der Waals surface area contributed by atoms with Crippen molar-refractivity contribution in [2.45, 2.75) is 31.8 Å². The minimum absolute atomic E-state index is 0.623. The first kappa shape index (κ1) is 13.5. The Bertz CT molecular complexity index is 620. The monoisotopic (exact) mass is 272 g/mol. The van der Waals surface area contributed by atoms with Gasteiger partial charge in [0.15, 0.2) is 18.0 Å². The molecule has 1 aromatic rings. The largest absolute Gasteiger partial charge is 0.479 e. The van der Waals surface area contributed by atoms with Crippen molar-refractivity contribution in [3.8, 4) is 0 Å². The Balaban J connectivity index is 2.48. The van der Waals surface area contributed by atoms with Crippen molar-refractivity contribution in [2.24, 2.45) is 5.92 Å². The minimum atomic E-state index is -2.05. The van der Waals surface area contributed by atoms with Gasteiger partial charge >= 0.3 is 11.7 Å². The van der Waals surface area contributed by atoms with Gasteiger partial charge in [0.2, 0.25) is 0 Å². The van der Waals surface area contributed by atoms with Crippen LogP contribution in [0.25, 0.3) is 0 Å². The summed E-state index contributed by atoms with van der Waals surface area (Å²) in [7, 11) is 0. The van der Waals surface area contributed by atoms with Crippen LogP contribution in [0.5, 0.6) is 0 Å². The van der Waals surface area contributed by atoms with Crippen LogP contribution < -0.4 is 11.2 Å². The lowest BCUT2D eigenvalue weighted by molar-refractivity contribution is -0.153. The second kappa shape index (κ2) is 4.30. The Morgan fingerprint density at radius 3 is 2.68 bits per heavy atom. The first-order chi connectivity index (χ1) is 8.75. The summed E-state index contributed by atoms with van der Waals surface area (Å²) >= 11 is 0. The van der Waals surface area contributed by atoms with Crippen LogP contribution in [0.1, 0.15) is 20.1 Å². The minimum Gasteiger partial charge on any atom is -0.479 e. The zero-order chi connectivity index (χ0) is 14.4. The Kier molecular flexibility index (Phi) is 3.05. The molecule has 1 aliphatic rings. The molecule has 4 atom stereocenters. The van der Waals surface area contributed by atoms with Crippen LogP contribution in [0.4, 0.5) is 4.39 Å². The first-order valence-electron chi connectivity index (χ1n) is 5.64. The van der Waals surface area contributed by atoms with Crippen LogP contribution in [0.15, 0.2) is 21.9 Å². The third-order valence-electron chi connectivity index (χ3n) is 3.45. The van der Waals surface area contributed by atoms with Crippen molar-refractivity contribution in [2.75, 3.05) is 0 Å². The molecule has 1 saturated heterocycles. The summed E-state index contributed by atoms with van der Waals surface area (Å²) in [6.45, 7) is 2.57. The Morgan fingerprint density at radius 2 is 2.21 bits per heavy atom. The molecule has 0 aromatic carbocycles. The average Bonchev–Trinajstić information content (AvgIpc) is 2.52. The van der Waals surface area contributed by atoms with Gasteiger partial charge in [-0.3, -0.25) is 14.3 Å². The van der Waals surface area contributed by atoms with Crippen molar-refractivity contribution >= 4 is 5.97 Å². The SMILES string of the molecule is C[C@@H]1[C@@H](C(=O)O)O[C@@H](n2ccc(=O)[nH]c2=O)[C@]1(C)F. The van der Waals surface area contributed by atoms with E-state index in [1.54, 1.807) is 0 Å². The van der Waals surface area contributed by atoms with Gasteiger partial charge in [0.05, 0.1) is 0 Å². The van der Waals surface area contributed by atoms with Gasteiger partial charge < -0.3 is 9.84 Å². The number of rotatable bonds is 2. The molecule has 7 nitrogen and oxygen atoms in total. The number of carbonyl (C=O) groups is 1. The smallest absolute Gasteiger partial charge is 0.333 e. The van der Waals surface area contributed by atoms with Crippen molar-refractivity contribution in [3.05, 3.63) is 33.1 Å². The lowest BCUT2D eigenvalue weighted by Gasteiger charge is -2.25. The van der Waals surface area contributed by atoms with E-state index in [1.165, 1.54) is 13.8 Å². The van der Waals surface area contributed by atoms with Gasteiger partial charge in [-0.25, -0.2) is 14.0 Å². The fraction of sp³-hybridized carbons (Fsp3) is 0.545. The van der Waals surface area contributed by atoms with Gasteiger partial charge in [0.1, 0.15) is 0 Å². The number of nitrogens with zero attached hydrogens (tertiary/aromatic N) is 1. The number of hydrogen-bond donors (Lipinski definition) is 2. The van der Waals surface area contributed by atoms with Crippen LogP contribution in [0.3, 0.4) is 0 Å². The summed E-state index contributed by atoms with van der Waals surface area (Å²) in [6.07, 6.45) is -1.66. The van der Waals surface area contributed by atoms with Crippen LogP contribution in [0.2, 0.25) is 0 Å². The summed E-state index contributed by atoms with van der Waals surface area (Å²) in [6, 6.07) is 1.04. The maximum absolute atomic E-state index is 14.6. The van der Waals surface area contributed by atoms with Crippen molar-refractivity contribution in [3.63, 3.8) is 0 Å². The summed E-state index contributed by atoms with van der Waals surface area (Å²) in [4.78, 5) is 35.5. The number of carboxylic acid groups (broad SMARTS) is 1. The van der Waals surface area contributed by atoms with E-state index in [1.807, 2.05) is 4.98 Å². The van der Waals surface area contributed by atoms with E-state index in [0.29, 0.717) is 0 Å². The Labute approximate surface area is 106 Å². The second-order valence-corrected chi connectivity index (χ2v) is 4.70. The number of aromatic amines is 1. The van der Waals surface area contributed by atoms with Gasteiger partial charge in [-0.2, -0.15) is 0 Å². The molecule has 0 spiro atoms. The highest BCUT2D eigenvalue weighted by atomic mass is 19.1. The molecule has 2 heterocycles. The highest BCUT2D eigenvalue weighted by Crippen LogP contribution is 2.44. The number of hydrogen-bond acceptors (Lipinski definition) is 4. The van der Waals surface area contributed by atoms with Crippen LogP contribution in [-0.4, -0.2) is 32.4 Å². The molecule has 1 fully saturated rings. The Morgan fingerprint density at radius 1 is 1.58 bits per heavy atom. The maximum Gasteiger partial charge on any atom is 0.333 e. The topological polar surface area (TPSA) is 101 Å². The highest BCUT2D eigenvalue weighted by Gasteiger charge is 2.55. The third kappa shape index (κ3) is 2.07. The van der Waals surface area contributed by atoms with Gasteiger partial charge in [-0.05, 0) is 6.92 Å². The quantitative estimate of drug-likeness (QED) is 0.781. The van der Waals surface area contributed by atoms with E-state index in [2.05, 4.69) is 0 Å². The van der Waals surface area contributed by atoms with E-state index < -0.39 is 41.1 Å². The van der Waals surface area contributed by atoms with E-state index in [4.69, 9.17) is 9.84 Å². The summed E-state index contributed by atoms with van der Waals surface area (Å²) in [5.74, 6) is -2.23. The molecule has 1 aliphatic heterocycles. The highest BCUT2D eigenvalue weighted by molar-refractivity contribution is 5.73. The molecular formula is C11H13FN2O5. The number of H-pyrrole nitrogens is 1. The van der Waals surface area contributed by atoms with Gasteiger partial charge in [-0.1, -0.05) is 6.92 Å². The standard InChI is InChI=1S/C11H13FN2O5/c1-5-7(8(16)17)19-9(11(5,2)12)14-4-3-6(15)13-10(14)18/h3-5,7,9H,1-2H3,(H,16,17)(H,13,15,18)/t5-,7+,9-,11-/m1/s1. The lowest BCUT2D eigenvalue weighted by Crippen LogP contribution is -2.40. The molecule has 0 amide bonds. The number of carboxylic acids is 1. The summed E-state index contributed by atoms with van der Waals surface area (Å²) < 4.78 is 20.6. The van der Waals surface area contributed by atoms with E-state index in [9.17, 15) is 18.8 Å². The molecule has 0 saturated carbocycles. The zero-order valence-corrected chi connectivity index (χ0v) is 10.3. The second-order valence-electron chi connectivity index (χ2n) is 4.70. The molecule has 0 unspecified atom stereocenters. The molecule has 8 heteroatoms. The lowest BCUT2D eigenvalue weighted by atomic mass is 9.89. The van der Waals surface area contributed by atoms with E-state index in [-0.39, 0.29) is 0 Å². The zero-order valence-electron chi connectivity index (χ0n) is 10.3. The number of ether oxygens (including phenoxy) is 1. The molecule has 19 heavy (non-hydrogen) atoms. The van der Waals surface area contributed by atoms with Gasteiger partial charge in [-0.15, -0.1) is 0 Å². The molecule has 1 aromatic heterocycles. The van der Waals surface area contributed by atoms with E-state index in [0.717, 1.165) is 16.8 Å². The predicted octanol–water partition coefficient (Wildman–Crippen LogP) is -0.117. The number of alkyl halides is 1. The van der Waals surface area contributed by atoms with Gasteiger partial charge in [0, 0.05) is 18.2 Å². The summed E-state index contributed by atoms with van der Waals surface area (Å²) in [5, 5.41) is 8.96. The molecule has 0 radical (unpaired) electrons. The molecular weight excluding hydrogens is 259 g/mol. The fourth-order valence-corrected chi connectivity index (χ4v) is 2.13. The molecule has 2 N–H and O–H groups in total. The van der Waals surface area contributed by atoms with Crippen LogP contribution in [0, 0.1) is 5.92 Å².